The highest BCUT2D eigenvalue weighted by Crippen LogP contribution is 2.24. The van der Waals surface area contributed by atoms with E-state index in [1.165, 1.54) is 0 Å². The van der Waals surface area contributed by atoms with Gasteiger partial charge in [-0.3, -0.25) is 5.10 Å². The Bertz CT molecular complexity index is 501. The van der Waals surface area contributed by atoms with E-state index in [1.807, 2.05) is 36.4 Å². The van der Waals surface area contributed by atoms with E-state index in [-0.39, 0.29) is 0 Å². The summed E-state index contributed by atoms with van der Waals surface area (Å²) in [6, 6.07) is 12.1. The zero-order valence-electron chi connectivity index (χ0n) is 10.1. The molecule has 0 spiro atoms. The zero-order valence-corrected chi connectivity index (χ0v) is 10.1. The van der Waals surface area contributed by atoms with Crippen molar-refractivity contribution in [3.63, 3.8) is 0 Å². The molecule has 0 bridgehead atoms. The van der Waals surface area contributed by atoms with Crippen molar-refractivity contribution in [2.75, 3.05) is 18.0 Å². The number of hydrogen-bond donors (Lipinski definition) is 1. The van der Waals surface area contributed by atoms with Crippen molar-refractivity contribution < 1.29 is 4.39 Å². The minimum absolute atomic E-state index is 0.605. The predicted octanol–water partition coefficient (Wildman–Crippen LogP) is 3.02. The molecule has 0 unspecified atom stereocenters. The lowest BCUT2D eigenvalue weighted by atomic mass is 10.1. The van der Waals surface area contributed by atoms with Gasteiger partial charge in [0.1, 0.15) is 6.17 Å². The Morgan fingerprint density at radius 1 is 1.17 bits per heavy atom. The average molecular weight is 245 g/mol. The van der Waals surface area contributed by atoms with Crippen molar-refractivity contribution in [2.24, 2.45) is 0 Å². The molecule has 1 N–H and O–H groups in total. The van der Waals surface area contributed by atoms with Crippen LogP contribution in [0.1, 0.15) is 12.8 Å². The second-order valence-electron chi connectivity index (χ2n) is 4.67. The molecule has 1 saturated heterocycles. The largest absolute Gasteiger partial charge is 0.355 e. The fourth-order valence-corrected chi connectivity index (χ4v) is 2.32. The van der Waals surface area contributed by atoms with E-state index in [2.05, 4.69) is 15.1 Å². The fourth-order valence-electron chi connectivity index (χ4n) is 2.32. The maximum atomic E-state index is 13.1. The molecule has 2 aromatic rings. The molecule has 1 aromatic carbocycles. The van der Waals surface area contributed by atoms with Gasteiger partial charge in [0, 0.05) is 19.2 Å². The SMILES string of the molecule is FC1CCN(c2cc(-c3ccccc3)[nH]n2)CC1. The third-order valence-corrected chi connectivity index (χ3v) is 3.40. The summed E-state index contributed by atoms with van der Waals surface area (Å²) in [5.74, 6) is 0.917. The van der Waals surface area contributed by atoms with Crippen molar-refractivity contribution >= 4 is 5.82 Å². The molecule has 0 saturated carbocycles. The number of H-pyrrole nitrogens is 1. The smallest absolute Gasteiger partial charge is 0.150 e. The summed E-state index contributed by atoms with van der Waals surface area (Å²) >= 11 is 0. The minimum atomic E-state index is -0.645. The van der Waals surface area contributed by atoms with Crippen molar-refractivity contribution in [2.45, 2.75) is 19.0 Å². The van der Waals surface area contributed by atoms with Crippen LogP contribution in [0.5, 0.6) is 0 Å². The Kier molecular flexibility index (Phi) is 3.00. The van der Waals surface area contributed by atoms with Crippen LogP contribution in [0.25, 0.3) is 11.3 Å². The summed E-state index contributed by atoms with van der Waals surface area (Å²) in [7, 11) is 0. The molecule has 0 amide bonds. The van der Waals surface area contributed by atoms with Gasteiger partial charge in [-0.05, 0) is 18.4 Å². The number of piperidine rings is 1. The zero-order chi connectivity index (χ0) is 12.4. The predicted molar refractivity (Wildman–Crippen MR) is 70.4 cm³/mol. The topological polar surface area (TPSA) is 31.9 Å². The van der Waals surface area contributed by atoms with Crippen molar-refractivity contribution in [3.8, 4) is 11.3 Å². The minimum Gasteiger partial charge on any atom is -0.355 e. The van der Waals surface area contributed by atoms with E-state index in [0.717, 1.165) is 30.2 Å². The van der Waals surface area contributed by atoms with Gasteiger partial charge in [0.25, 0.3) is 0 Å². The van der Waals surface area contributed by atoms with Gasteiger partial charge in [0.2, 0.25) is 0 Å². The molecule has 1 aliphatic rings. The molecule has 1 aliphatic heterocycles. The van der Waals surface area contributed by atoms with Crippen LogP contribution in [0.3, 0.4) is 0 Å². The molecule has 3 nitrogen and oxygen atoms in total. The highest BCUT2D eigenvalue weighted by molar-refractivity contribution is 5.63. The molecule has 18 heavy (non-hydrogen) atoms. The van der Waals surface area contributed by atoms with Gasteiger partial charge in [0.05, 0.1) is 5.69 Å². The number of hydrogen-bond acceptors (Lipinski definition) is 2. The van der Waals surface area contributed by atoms with Crippen LogP contribution >= 0.6 is 0 Å². The molecule has 3 rings (SSSR count). The summed E-state index contributed by atoms with van der Waals surface area (Å²) in [4.78, 5) is 2.14. The Morgan fingerprint density at radius 2 is 1.89 bits per heavy atom. The number of rotatable bonds is 2. The maximum absolute atomic E-state index is 13.1. The second kappa shape index (κ2) is 4.80. The van der Waals surface area contributed by atoms with E-state index < -0.39 is 6.17 Å². The first kappa shape index (κ1) is 11.3. The fraction of sp³-hybridized carbons (Fsp3) is 0.357. The molecule has 4 heteroatoms. The standard InChI is InChI=1S/C14H16FN3/c15-12-6-8-18(9-7-12)14-10-13(16-17-14)11-4-2-1-3-5-11/h1-5,10,12H,6-9H2,(H,16,17). The Balaban J connectivity index is 1.78. The second-order valence-corrected chi connectivity index (χ2v) is 4.67. The van der Waals surface area contributed by atoms with Crippen LogP contribution in [0, 0.1) is 0 Å². The quantitative estimate of drug-likeness (QED) is 0.882. The lowest BCUT2D eigenvalue weighted by Gasteiger charge is -2.28. The summed E-state index contributed by atoms with van der Waals surface area (Å²) < 4.78 is 13.1. The first-order chi connectivity index (χ1) is 8.83. The number of aromatic nitrogens is 2. The third-order valence-electron chi connectivity index (χ3n) is 3.40. The molecule has 94 valence electrons. The summed E-state index contributed by atoms with van der Waals surface area (Å²) in [5.41, 5.74) is 2.13. The first-order valence-electron chi connectivity index (χ1n) is 6.33. The van der Waals surface area contributed by atoms with Crippen LogP contribution < -0.4 is 4.90 Å². The highest BCUT2D eigenvalue weighted by Gasteiger charge is 2.20. The number of nitrogens with zero attached hydrogens (tertiary/aromatic N) is 2. The average Bonchev–Trinajstić information content (AvgIpc) is 2.90. The number of nitrogens with one attached hydrogen (secondary N) is 1. The Labute approximate surface area is 106 Å². The van der Waals surface area contributed by atoms with Gasteiger partial charge in [-0.1, -0.05) is 30.3 Å². The molecule has 0 atom stereocenters. The first-order valence-corrected chi connectivity index (χ1v) is 6.33. The van der Waals surface area contributed by atoms with Crippen LogP contribution in [0.2, 0.25) is 0 Å². The Morgan fingerprint density at radius 3 is 2.61 bits per heavy atom. The lowest BCUT2D eigenvalue weighted by Crippen LogP contribution is -2.34. The summed E-state index contributed by atoms with van der Waals surface area (Å²) in [5, 5.41) is 7.36. The van der Waals surface area contributed by atoms with Crippen LogP contribution in [-0.4, -0.2) is 29.5 Å². The van der Waals surface area contributed by atoms with Gasteiger partial charge in [-0.15, -0.1) is 0 Å². The number of alkyl halides is 1. The number of aromatic amines is 1. The molecule has 2 heterocycles. The number of halogens is 1. The molecule has 1 aromatic heterocycles. The third kappa shape index (κ3) is 2.23. The number of benzene rings is 1. The van der Waals surface area contributed by atoms with E-state index in [1.54, 1.807) is 0 Å². The van der Waals surface area contributed by atoms with Gasteiger partial charge >= 0.3 is 0 Å². The molecular weight excluding hydrogens is 229 g/mol. The van der Waals surface area contributed by atoms with Crippen LogP contribution in [-0.2, 0) is 0 Å². The van der Waals surface area contributed by atoms with Crippen molar-refractivity contribution in [1.82, 2.24) is 10.2 Å². The normalized spacial score (nSPS) is 17.1. The summed E-state index contributed by atoms with van der Waals surface area (Å²) in [6.45, 7) is 1.50. The van der Waals surface area contributed by atoms with Crippen molar-refractivity contribution in [1.29, 1.82) is 0 Å². The molecule has 0 aliphatic carbocycles. The van der Waals surface area contributed by atoms with Gasteiger partial charge in [0.15, 0.2) is 5.82 Å². The van der Waals surface area contributed by atoms with Gasteiger partial charge < -0.3 is 4.90 Å². The van der Waals surface area contributed by atoms with E-state index in [0.29, 0.717) is 12.8 Å². The maximum Gasteiger partial charge on any atom is 0.150 e. The number of anilines is 1. The molecular formula is C14H16FN3. The van der Waals surface area contributed by atoms with Crippen LogP contribution in [0.15, 0.2) is 36.4 Å². The Hall–Kier alpha value is -1.84. The molecule has 0 radical (unpaired) electrons. The summed E-state index contributed by atoms with van der Waals surface area (Å²) in [6.07, 6.45) is 0.565. The van der Waals surface area contributed by atoms with Gasteiger partial charge in [-0.25, -0.2) is 4.39 Å². The van der Waals surface area contributed by atoms with Gasteiger partial charge in [-0.2, -0.15) is 5.10 Å². The lowest BCUT2D eigenvalue weighted by molar-refractivity contribution is 0.276. The van der Waals surface area contributed by atoms with Crippen LogP contribution in [0.4, 0.5) is 10.2 Å². The van der Waals surface area contributed by atoms with E-state index in [9.17, 15) is 4.39 Å². The van der Waals surface area contributed by atoms with E-state index >= 15 is 0 Å². The highest BCUT2D eigenvalue weighted by atomic mass is 19.1. The van der Waals surface area contributed by atoms with Crippen molar-refractivity contribution in [3.05, 3.63) is 36.4 Å². The van der Waals surface area contributed by atoms with E-state index in [4.69, 9.17) is 0 Å². The monoisotopic (exact) mass is 245 g/mol. The molecule has 1 fully saturated rings.